The van der Waals surface area contributed by atoms with Gasteiger partial charge >= 0.3 is 6.03 Å². The van der Waals surface area contributed by atoms with Crippen molar-refractivity contribution in [1.29, 1.82) is 0 Å². The van der Waals surface area contributed by atoms with E-state index < -0.39 is 17.5 Å². The van der Waals surface area contributed by atoms with Crippen LogP contribution in [0.1, 0.15) is 46.8 Å². The van der Waals surface area contributed by atoms with Crippen LogP contribution in [0.15, 0.2) is 72.8 Å². The van der Waals surface area contributed by atoms with Crippen LogP contribution in [0.25, 0.3) is 0 Å². The minimum Gasteiger partial charge on any atom is -0.497 e. The highest BCUT2D eigenvalue weighted by Gasteiger charge is 2.54. The molecule has 35 heavy (non-hydrogen) atoms. The van der Waals surface area contributed by atoms with Gasteiger partial charge in [-0.1, -0.05) is 62.4 Å². The zero-order valence-electron chi connectivity index (χ0n) is 20.2. The summed E-state index contributed by atoms with van der Waals surface area (Å²) in [5.74, 6) is 0.730. The number of amides is 3. The average Bonchev–Trinajstić information content (AvgIpc) is 3.14. The number of hydrogen-bond donors (Lipinski definition) is 1. The molecule has 1 fully saturated rings. The summed E-state index contributed by atoms with van der Waals surface area (Å²) in [6.45, 7) is 3.78. The number of carbonyl (C=O) groups is 3. The van der Waals surface area contributed by atoms with Crippen LogP contribution < -0.4 is 14.8 Å². The van der Waals surface area contributed by atoms with Gasteiger partial charge in [-0.25, -0.2) is 4.79 Å². The molecule has 3 amide bonds. The van der Waals surface area contributed by atoms with Crippen molar-refractivity contribution in [2.45, 2.75) is 25.3 Å². The Balaban J connectivity index is 1.70. The van der Waals surface area contributed by atoms with E-state index in [9.17, 15) is 14.4 Å². The van der Waals surface area contributed by atoms with Crippen LogP contribution in [0.3, 0.4) is 0 Å². The molecule has 180 valence electrons. The van der Waals surface area contributed by atoms with Crippen molar-refractivity contribution >= 4 is 17.7 Å². The lowest BCUT2D eigenvalue weighted by atomic mass is 9.82. The molecule has 0 aliphatic carbocycles. The van der Waals surface area contributed by atoms with Crippen LogP contribution in [0, 0.1) is 0 Å². The monoisotopic (exact) mass is 472 g/mol. The molecule has 1 heterocycles. The molecule has 0 spiro atoms. The van der Waals surface area contributed by atoms with Gasteiger partial charge in [0.2, 0.25) is 0 Å². The van der Waals surface area contributed by atoms with Crippen LogP contribution in [0.4, 0.5) is 4.79 Å². The smallest absolute Gasteiger partial charge is 0.325 e. The summed E-state index contributed by atoms with van der Waals surface area (Å²) in [5, 5.41) is 2.86. The number of nitrogens with one attached hydrogen (secondary N) is 1. The molecule has 3 aromatic rings. The Labute approximate surface area is 204 Å². The minimum absolute atomic E-state index is 0.316. The van der Waals surface area contributed by atoms with E-state index in [1.807, 2.05) is 12.1 Å². The summed E-state index contributed by atoms with van der Waals surface area (Å²) in [6, 6.07) is 20.5. The molecular formula is C28H28N2O5. The van der Waals surface area contributed by atoms with Gasteiger partial charge in [-0.3, -0.25) is 14.5 Å². The third kappa shape index (κ3) is 4.37. The first-order chi connectivity index (χ1) is 16.8. The van der Waals surface area contributed by atoms with Crippen molar-refractivity contribution in [2.75, 3.05) is 20.8 Å². The summed E-state index contributed by atoms with van der Waals surface area (Å²) < 4.78 is 10.5. The van der Waals surface area contributed by atoms with E-state index in [2.05, 4.69) is 19.2 Å². The standard InChI is InChI=1S/C28H28N2O5/c1-18(2)19-5-7-20(8-6-19)25(31)17-30-26(32)28(29-27(30)33,21-9-13-23(34-3)14-10-21)22-11-15-24(35-4)16-12-22/h5-16,18H,17H2,1-4H3,(H,29,33). The number of ether oxygens (including phenoxy) is 2. The maximum absolute atomic E-state index is 13.9. The first-order valence-electron chi connectivity index (χ1n) is 11.4. The fourth-order valence-corrected chi connectivity index (χ4v) is 4.25. The minimum atomic E-state index is -1.49. The second-order valence-corrected chi connectivity index (χ2v) is 8.73. The molecule has 0 atom stereocenters. The Kier molecular flexibility index (Phi) is 6.60. The van der Waals surface area contributed by atoms with E-state index in [-0.39, 0.29) is 12.3 Å². The van der Waals surface area contributed by atoms with Gasteiger partial charge < -0.3 is 14.8 Å². The van der Waals surface area contributed by atoms with E-state index in [4.69, 9.17) is 9.47 Å². The molecule has 7 heteroatoms. The van der Waals surface area contributed by atoms with Gasteiger partial charge in [0, 0.05) is 5.56 Å². The lowest BCUT2D eigenvalue weighted by Gasteiger charge is -2.28. The summed E-state index contributed by atoms with van der Waals surface area (Å²) in [4.78, 5) is 41.0. The second kappa shape index (κ2) is 9.62. The molecule has 1 saturated heterocycles. The Morgan fingerprint density at radius 1 is 0.829 bits per heavy atom. The number of Topliss-reactive ketones (excluding diaryl/α,β-unsaturated/α-hetero) is 1. The molecule has 1 aliphatic rings. The van der Waals surface area contributed by atoms with E-state index in [1.54, 1.807) is 74.9 Å². The zero-order chi connectivity index (χ0) is 25.2. The molecule has 1 aliphatic heterocycles. The van der Waals surface area contributed by atoms with Gasteiger partial charge in [-0.15, -0.1) is 0 Å². The molecule has 0 unspecified atom stereocenters. The number of imide groups is 1. The largest absolute Gasteiger partial charge is 0.497 e. The Bertz CT molecular complexity index is 1180. The fourth-order valence-electron chi connectivity index (χ4n) is 4.25. The lowest BCUT2D eigenvalue weighted by molar-refractivity contribution is -0.129. The van der Waals surface area contributed by atoms with Crippen LogP contribution >= 0.6 is 0 Å². The number of benzene rings is 3. The van der Waals surface area contributed by atoms with Crippen LogP contribution in [0.5, 0.6) is 11.5 Å². The van der Waals surface area contributed by atoms with Gasteiger partial charge in [0.25, 0.3) is 5.91 Å². The molecule has 0 radical (unpaired) electrons. The quantitative estimate of drug-likeness (QED) is 0.385. The van der Waals surface area contributed by atoms with Crippen molar-refractivity contribution in [3.63, 3.8) is 0 Å². The SMILES string of the molecule is COc1ccc(C2(c3ccc(OC)cc3)NC(=O)N(CC(=O)c3ccc(C(C)C)cc3)C2=O)cc1. The van der Waals surface area contributed by atoms with Gasteiger partial charge in [0.05, 0.1) is 20.8 Å². The van der Waals surface area contributed by atoms with Gasteiger partial charge in [-0.05, 0) is 46.9 Å². The number of carbonyl (C=O) groups excluding carboxylic acids is 3. The van der Waals surface area contributed by atoms with Crippen LogP contribution in [-0.2, 0) is 10.3 Å². The van der Waals surface area contributed by atoms with E-state index in [0.717, 1.165) is 10.5 Å². The number of urea groups is 1. The molecular weight excluding hydrogens is 444 g/mol. The van der Waals surface area contributed by atoms with Crippen LogP contribution in [-0.4, -0.2) is 43.4 Å². The number of methoxy groups -OCH3 is 2. The maximum atomic E-state index is 13.9. The second-order valence-electron chi connectivity index (χ2n) is 8.73. The van der Waals surface area contributed by atoms with E-state index >= 15 is 0 Å². The lowest BCUT2D eigenvalue weighted by Crippen LogP contribution is -2.45. The summed E-state index contributed by atoms with van der Waals surface area (Å²) in [6.07, 6.45) is 0. The number of hydrogen-bond acceptors (Lipinski definition) is 5. The number of nitrogens with zero attached hydrogens (tertiary/aromatic N) is 1. The normalized spacial score (nSPS) is 14.7. The van der Waals surface area contributed by atoms with Crippen molar-refractivity contribution in [3.05, 3.63) is 95.1 Å². The molecule has 7 nitrogen and oxygen atoms in total. The molecule has 3 aromatic carbocycles. The molecule has 0 aromatic heterocycles. The third-order valence-electron chi connectivity index (χ3n) is 6.35. The van der Waals surface area contributed by atoms with Gasteiger partial charge in [-0.2, -0.15) is 0 Å². The Morgan fingerprint density at radius 3 is 1.74 bits per heavy atom. The maximum Gasteiger partial charge on any atom is 0.325 e. The highest BCUT2D eigenvalue weighted by Crippen LogP contribution is 2.37. The topological polar surface area (TPSA) is 84.9 Å². The number of rotatable bonds is 8. The van der Waals surface area contributed by atoms with Crippen molar-refractivity contribution in [1.82, 2.24) is 10.2 Å². The average molecular weight is 473 g/mol. The highest BCUT2D eigenvalue weighted by molar-refractivity contribution is 6.13. The van der Waals surface area contributed by atoms with Crippen molar-refractivity contribution in [3.8, 4) is 11.5 Å². The summed E-state index contributed by atoms with van der Waals surface area (Å²) in [5.41, 5.74) is 1.17. The fraction of sp³-hybridized carbons (Fsp3) is 0.250. The van der Waals surface area contributed by atoms with Crippen molar-refractivity contribution < 1.29 is 23.9 Å². The van der Waals surface area contributed by atoms with Crippen LogP contribution in [0.2, 0.25) is 0 Å². The highest BCUT2D eigenvalue weighted by atomic mass is 16.5. The zero-order valence-corrected chi connectivity index (χ0v) is 20.2. The summed E-state index contributed by atoms with van der Waals surface area (Å²) in [7, 11) is 3.11. The van der Waals surface area contributed by atoms with Gasteiger partial charge in [0.1, 0.15) is 11.5 Å². The first kappa shape index (κ1) is 24.0. The summed E-state index contributed by atoms with van der Waals surface area (Å²) >= 11 is 0. The molecule has 0 bridgehead atoms. The Hall–Kier alpha value is -4.13. The first-order valence-corrected chi connectivity index (χ1v) is 11.4. The molecule has 4 rings (SSSR count). The molecule has 0 saturated carbocycles. The predicted octanol–water partition coefficient (Wildman–Crippen LogP) is 4.51. The Morgan fingerprint density at radius 2 is 1.31 bits per heavy atom. The van der Waals surface area contributed by atoms with E-state index in [0.29, 0.717) is 34.1 Å². The van der Waals surface area contributed by atoms with Crippen molar-refractivity contribution in [2.24, 2.45) is 0 Å². The third-order valence-corrected chi connectivity index (χ3v) is 6.35. The van der Waals surface area contributed by atoms with E-state index in [1.165, 1.54) is 0 Å². The number of ketones is 1. The predicted molar refractivity (Wildman–Crippen MR) is 132 cm³/mol. The molecule has 1 N–H and O–H groups in total. The van der Waals surface area contributed by atoms with Gasteiger partial charge in [0.15, 0.2) is 11.3 Å².